The van der Waals surface area contributed by atoms with Crippen LogP contribution in [0.3, 0.4) is 0 Å². The Morgan fingerprint density at radius 3 is 2.24 bits per heavy atom. The van der Waals surface area contributed by atoms with Crippen molar-refractivity contribution in [3.05, 3.63) is 54.6 Å². The topological polar surface area (TPSA) is 164 Å². The van der Waals surface area contributed by atoms with Crippen molar-refractivity contribution in [2.24, 2.45) is 0 Å². The van der Waals surface area contributed by atoms with E-state index in [2.05, 4.69) is 8.91 Å². The van der Waals surface area contributed by atoms with Gasteiger partial charge in [0.05, 0.1) is 37.1 Å². The van der Waals surface area contributed by atoms with Crippen molar-refractivity contribution < 1.29 is 49.9 Å². The van der Waals surface area contributed by atoms with E-state index in [-0.39, 0.29) is 11.5 Å². The van der Waals surface area contributed by atoms with E-state index in [0.717, 1.165) is 13.4 Å². The summed E-state index contributed by atoms with van der Waals surface area (Å²) in [7, 11) is -7.16. The fourth-order valence-electron chi connectivity index (χ4n) is 3.66. The standard InChI is InChI=1S/C24H31NO11S2/c1-24(2)15-33-21(19(26)14-34-37(4,28)29)22(36-24)20(23(27)32-3)25-38(30,31)18-12-10-17(11-13-18)35-16-8-6-5-7-9-16/h5-13,19-22,25-26H,14-15H2,1-4H3/t19-,20-,21-,22-/m1/s1. The molecule has 2 aromatic carbocycles. The minimum Gasteiger partial charge on any atom is -0.468 e. The van der Waals surface area contributed by atoms with E-state index in [9.17, 15) is 26.7 Å². The van der Waals surface area contributed by atoms with Gasteiger partial charge < -0.3 is 24.1 Å². The van der Waals surface area contributed by atoms with Crippen LogP contribution in [0.5, 0.6) is 11.5 Å². The molecule has 210 valence electrons. The summed E-state index contributed by atoms with van der Waals surface area (Å²) in [4.78, 5) is 12.6. The molecule has 12 nitrogen and oxygen atoms in total. The quantitative estimate of drug-likeness (QED) is 0.293. The average Bonchev–Trinajstić information content (AvgIpc) is 2.85. The molecular weight excluding hydrogens is 542 g/mol. The molecule has 3 rings (SSSR count). The van der Waals surface area contributed by atoms with E-state index in [1.54, 1.807) is 38.1 Å². The molecule has 1 aliphatic heterocycles. The van der Waals surface area contributed by atoms with Gasteiger partial charge in [-0.1, -0.05) is 18.2 Å². The number of hydrogen-bond donors (Lipinski definition) is 2. The van der Waals surface area contributed by atoms with Crippen LogP contribution >= 0.6 is 0 Å². The first-order valence-electron chi connectivity index (χ1n) is 11.5. The van der Waals surface area contributed by atoms with Gasteiger partial charge in [-0.15, -0.1) is 0 Å². The van der Waals surface area contributed by atoms with Crippen LogP contribution in [0, 0.1) is 0 Å². The molecule has 4 atom stereocenters. The molecule has 1 saturated heterocycles. The van der Waals surface area contributed by atoms with Crippen LogP contribution in [-0.2, 0) is 43.3 Å². The van der Waals surface area contributed by atoms with Gasteiger partial charge in [0.25, 0.3) is 10.1 Å². The third-order valence-electron chi connectivity index (χ3n) is 5.41. The number of aliphatic hydroxyl groups excluding tert-OH is 1. The molecule has 0 aromatic heterocycles. The summed E-state index contributed by atoms with van der Waals surface area (Å²) in [5.74, 6) is -0.0573. The minimum absolute atomic E-state index is 0.0341. The summed E-state index contributed by atoms with van der Waals surface area (Å²) in [6.07, 6.45) is -3.52. The number of aliphatic hydroxyl groups is 1. The molecule has 0 aliphatic carbocycles. The number of para-hydroxylation sites is 1. The molecule has 0 amide bonds. The van der Waals surface area contributed by atoms with Crippen LogP contribution in [0.2, 0.25) is 0 Å². The predicted molar refractivity (Wildman–Crippen MR) is 135 cm³/mol. The van der Waals surface area contributed by atoms with Gasteiger partial charge in [-0.05, 0) is 50.2 Å². The fraction of sp³-hybridized carbons (Fsp3) is 0.458. The van der Waals surface area contributed by atoms with E-state index < -0.39 is 62.7 Å². The van der Waals surface area contributed by atoms with Crippen LogP contribution in [0.15, 0.2) is 59.5 Å². The Morgan fingerprint density at radius 1 is 1.05 bits per heavy atom. The van der Waals surface area contributed by atoms with E-state index in [4.69, 9.17) is 18.9 Å². The lowest BCUT2D eigenvalue weighted by Crippen LogP contribution is -2.63. The summed E-state index contributed by atoms with van der Waals surface area (Å²) >= 11 is 0. The zero-order valence-electron chi connectivity index (χ0n) is 21.3. The normalized spacial score (nSPS) is 21.3. The maximum Gasteiger partial charge on any atom is 0.326 e. The molecule has 0 saturated carbocycles. The lowest BCUT2D eigenvalue weighted by molar-refractivity contribution is -0.248. The summed E-state index contributed by atoms with van der Waals surface area (Å²) in [5, 5.41) is 10.6. The number of esters is 1. The first kappa shape index (κ1) is 30.0. The third kappa shape index (κ3) is 8.20. The summed E-state index contributed by atoms with van der Waals surface area (Å²) in [5.41, 5.74) is -0.979. The van der Waals surface area contributed by atoms with Crippen molar-refractivity contribution in [1.82, 2.24) is 4.72 Å². The highest BCUT2D eigenvalue weighted by molar-refractivity contribution is 7.89. The summed E-state index contributed by atoms with van der Waals surface area (Å²) < 4.78 is 78.3. The first-order valence-corrected chi connectivity index (χ1v) is 14.8. The lowest BCUT2D eigenvalue weighted by atomic mass is 9.97. The molecule has 0 bridgehead atoms. The number of carbonyl (C=O) groups is 1. The number of benzene rings is 2. The Hall–Kier alpha value is -2.59. The molecule has 2 aromatic rings. The number of sulfonamides is 1. The molecule has 1 heterocycles. The molecule has 0 spiro atoms. The predicted octanol–water partition coefficient (Wildman–Crippen LogP) is 1.20. The zero-order chi connectivity index (χ0) is 28.1. The van der Waals surface area contributed by atoms with E-state index in [1.165, 1.54) is 24.3 Å². The minimum atomic E-state index is -4.33. The van der Waals surface area contributed by atoms with Crippen molar-refractivity contribution in [3.8, 4) is 11.5 Å². The highest BCUT2D eigenvalue weighted by Crippen LogP contribution is 2.29. The van der Waals surface area contributed by atoms with Crippen molar-refractivity contribution in [2.45, 2.75) is 48.7 Å². The highest BCUT2D eigenvalue weighted by Gasteiger charge is 2.48. The SMILES string of the molecule is COC(=O)[C@H](NS(=O)(=O)c1ccc(Oc2ccccc2)cc1)[C@H]1OC(C)(C)CO[C@@H]1[C@H](O)COS(C)(=O)=O. The van der Waals surface area contributed by atoms with E-state index in [0.29, 0.717) is 11.5 Å². The molecule has 0 unspecified atom stereocenters. The Morgan fingerprint density at radius 2 is 1.66 bits per heavy atom. The van der Waals surface area contributed by atoms with Gasteiger partial charge in [-0.25, -0.2) is 8.42 Å². The number of nitrogens with one attached hydrogen (secondary N) is 1. The second-order valence-electron chi connectivity index (χ2n) is 9.18. The first-order chi connectivity index (χ1) is 17.7. The number of methoxy groups -OCH3 is 1. The van der Waals surface area contributed by atoms with Gasteiger partial charge in [0.2, 0.25) is 10.0 Å². The van der Waals surface area contributed by atoms with Crippen LogP contribution in [-0.4, -0.2) is 84.4 Å². The van der Waals surface area contributed by atoms with Crippen molar-refractivity contribution in [3.63, 3.8) is 0 Å². The number of carbonyl (C=O) groups excluding carboxylic acids is 1. The molecular formula is C24H31NO11S2. The largest absolute Gasteiger partial charge is 0.468 e. The molecule has 38 heavy (non-hydrogen) atoms. The van der Waals surface area contributed by atoms with Crippen LogP contribution in [0.1, 0.15) is 13.8 Å². The van der Waals surface area contributed by atoms with Crippen LogP contribution < -0.4 is 9.46 Å². The molecule has 2 N–H and O–H groups in total. The van der Waals surface area contributed by atoms with Crippen molar-refractivity contribution >= 4 is 26.1 Å². The summed E-state index contributed by atoms with van der Waals surface area (Å²) in [6, 6.07) is 12.7. The monoisotopic (exact) mass is 573 g/mol. The molecule has 0 radical (unpaired) electrons. The third-order valence-corrected chi connectivity index (χ3v) is 7.43. The zero-order valence-corrected chi connectivity index (χ0v) is 22.9. The summed E-state index contributed by atoms with van der Waals surface area (Å²) in [6.45, 7) is 2.55. The average molecular weight is 574 g/mol. The Labute approximate surface area is 222 Å². The van der Waals surface area contributed by atoms with Crippen molar-refractivity contribution in [2.75, 3.05) is 26.6 Å². The van der Waals surface area contributed by atoms with Gasteiger partial charge in [0.1, 0.15) is 35.9 Å². The van der Waals surface area contributed by atoms with Gasteiger partial charge >= 0.3 is 5.97 Å². The van der Waals surface area contributed by atoms with Crippen LogP contribution in [0.4, 0.5) is 0 Å². The Bertz CT molecular complexity index is 1300. The maximum atomic E-state index is 13.2. The Balaban J connectivity index is 1.85. The second kappa shape index (κ2) is 12.1. The van der Waals surface area contributed by atoms with E-state index in [1.807, 2.05) is 6.07 Å². The number of ether oxygens (including phenoxy) is 4. The van der Waals surface area contributed by atoms with E-state index >= 15 is 0 Å². The van der Waals surface area contributed by atoms with Gasteiger partial charge in [0.15, 0.2) is 0 Å². The molecule has 1 fully saturated rings. The Kier molecular flexibility index (Phi) is 9.52. The smallest absolute Gasteiger partial charge is 0.326 e. The maximum absolute atomic E-state index is 13.2. The number of hydrogen-bond acceptors (Lipinski definition) is 11. The fourth-order valence-corrected chi connectivity index (χ4v) is 5.24. The highest BCUT2D eigenvalue weighted by atomic mass is 32.2. The van der Waals surface area contributed by atoms with Gasteiger partial charge in [-0.2, -0.15) is 13.1 Å². The van der Waals surface area contributed by atoms with Gasteiger partial charge in [0, 0.05) is 0 Å². The molecule has 14 heteroatoms. The van der Waals surface area contributed by atoms with Gasteiger partial charge in [-0.3, -0.25) is 8.98 Å². The van der Waals surface area contributed by atoms with Crippen LogP contribution in [0.25, 0.3) is 0 Å². The molecule has 1 aliphatic rings. The van der Waals surface area contributed by atoms with Crippen molar-refractivity contribution in [1.29, 1.82) is 0 Å². The second-order valence-corrected chi connectivity index (χ2v) is 12.5. The lowest BCUT2D eigenvalue weighted by Gasteiger charge is -2.44. The number of rotatable bonds is 11.